The zero-order chi connectivity index (χ0) is 10.8. The summed E-state index contributed by atoms with van der Waals surface area (Å²) in [7, 11) is -1.17. The molecule has 0 saturated heterocycles. The van der Waals surface area contributed by atoms with Crippen molar-refractivity contribution in [2.75, 3.05) is 0 Å². The van der Waals surface area contributed by atoms with Gasteiger partial charge in [-0.3, -0.25) is 4.21 Å². The normalized spacial score (nSPS) is 16.3. The van der Waals surface area contributed by atoms with Gasteiger partial charge in [0.05, 0.1) is 21.7 Å². The Balaban J connectivity index is 2.97. The van der Waals surface area contributed by atoms with Crippen LogP contribution in [-0.2, 0) is 10.8 Å². The van der Waals surface area contributed by atoms with Gasteiger partial charge >= 0.3 is 0 Å². The van der Waals surface area contributed by atoms with E-state index in [1.54, 1.807) is 20.8 Å². The molecule has 14 heavy (non-hydrogen) atoms. The molecule has 0 amide bonds. The summed E-state index contributed by atoms with van der Waals surface area (Å²) >= 11 is 0. The molecule has 0 heterocycles. The molecule has 0 saturated carbocycles. The van der Waals surface area contributed by atoms with Crippen LogP contribution in [-0.4, -0.2) is 20.2 Å². The Kier molecular flexibility index (Phi) is 3.45. The Morgan fingerprint density at radius 1 is 1.29 bits per heavy atom. The maximum atomic E-state index is 12.1. The zero-order valence-corrected chi connectivity index (χ0v) is 9.54. The molecule has 2 atom stereocenters. The van der Waals surface area contributed by atoms with Crippen molar-refractivity contribution in [3.63, 3.8) is 0 Å². The first-order chi connectivity index (χ1) is 6.46. The van der Waals surface area contributed by atoms with E-state index in [1.807, 2.05) is 30.3 Å². The first kappa shape index (κ1) is 11.4. The summed E-state index contributed by atoms with van der Waals surface area (Å²) in [6.45, 7) is 5.28. The second-order valence-corrected chi connectivity index (χ2v) is 5.92. The largest absolute Gasteiger partial charge is 0.392 e. The molecule has 0 aliphatic rings. The fourth-order valence-corrected chi connectivity index (χ4v) is 2.32. The van der Waals surface area contributed by atoms with E-state index >= 15 is 0 Å². The lowest BCUT2D eigenvalue weighted by atomic mass is 10.1. The minimum atomic E-state index is -1.17. The lowest BCUT2D eigenvalue weighted by Crippen LogP contribution is -2.38. The van der Waals surface area contributed by atoms with E-state index in [9.17, 15) is 9.32 Å². The lowest BCUT2D eigenvalue weighted by Gasteiger charge is -2.26. The topological polar surface area (TPSA) is 37.3 Å². The highest BCUT2D eigenvalue weighted by atomic mass is 32.2. The predicted molar refractivity (Wildman–Crippen MR) is 58.6 cm³/mol. The third-order valence-corrected chi connectivity index (χ3v) is 4.44. The Morgan fingerprint density at radius 2 is 1.79 bits per heavy atom. The predicted octanol–water partition coefficient (Wildman–Crippen LogP) is 1.95. The SMILES string of the molecule is C[C@@H](O)C(C)(C)S(=O)c1ccccc1. The van der Waals surface area contributed by atoms with Crippen molar-refractivity contribution in [3.05, 3.63) is 30.3 Å². The molecule has 0 bridgehead atoms. The summed E-state index contributed by atoms with van der Waals surface area (Å²) < 4.78 is 11.4. The summed E-state index contributed by atoms with van der Waals surface area (Å²) in [5, 5.41) is 9.52. The molecule has 1 rings (SSSR count). The van der Waals surface area contributed by atoms with E-state index in [2.05, 4.69) is 0 Å². The molecule has 2 nitrogen and oxygen atoms in total. The molecule has 1 unspecified atom stereocenters. The van der Waals surface area contributed by atoms with E-state index in [0.717, 1.165) is 4.90 Å². The van der Waals surface area contributed by atoms with Crippen molar-refractivity contribution in [1.82, 2.24) is 0 Å². The smallest absolute Gasteiger partial charge is 0.0705 e. The fraction of sp³-hybridized carbons (Fsp3) is 0.455. The van der Waals surface area contributed by atoms with E-state index in [-0.39, 0.29) is 0 Å². The molecule has 0 spiro atoms. The summed E-state index contributed by atoms with van der Waals surface area (Å²) in [6, 6.07) is 9.23. The summed E-state index contributed by atoms with van der Waals surface area (Å²) in [5.41, 5.74) is 0. The van der Waals surface area contributed by atoms with Gasteiger partial charge in [-0.1, -0.05) is 18.2 Å². The fourth-order valence-electron chi connectivity index (χ4n) is 1.00. The minimum Gasteiger partial charge on any atom is -0.392 e. The molecule has 0 radical (unpaired) electrons. The summed E-state index contributed by atoms with van der Waals surface area (Å²) in [5.74, 6) is 0. The van der Waals surface area contributed by atoms with Gasteiger partial charge in [-0.2, -0.15) is 0 Å². The van der Waals surface area contributed by atoms with Gasteiger partial charge in [-0.15, -0.1) is 0 Å². The van der Waals surface area contributed by atoms with Crippen molar-refractivity contribution in [3.8, 4) is 0 Å². The van der Waals surface area contributed by atoms with Crippen LogP contribution in [0.5, 0.6) is 0 Å². The van der Waals surface area contributed by atoms with Crippen LogP contribution in [0.15, 0.2) is 35.2 Å². The van der Waals surface area contributed by atoms with Crippen LogP contribution in [0.1, 0.15) is 20.8 Å². The van der Waals surface area contributed by atoms with Crippen molar-refractivity contribution in [2.24, 2.45) is 0 Å². The van der Waals surface area contributed by atoms with Crippen LogP contribution in [0.25, 0.3) is 0 Å². The Bertz CT molecular complexity index is 317. The average molecular weight is 212 g/mol. The molecule has 0 fully saturated rings. The van der Waals surface area contributed by atoms with Gasteiger partial charge in [0.2, 0.25) is 0 Å². The number of hydrogen-bond donors (Lipinski definition) is 1. The number of rotatable bonds is 3. The molecule has 1 N–H and O–H groups in total. The zero-order valence-electron chi connectivity index (χ0n) is 8.73. The minimum absolute atomic E-state index is 0.594. The Morgan fingerprint density at radius 3 is 2.21 bits per heavy atom. The second-order valence-electron chi connectivity index (χ2n) is 3.86. The first-order valence-corrected chi connectivity index (χ1v) is 5.76. The molecule has 0 aliphatic carbocycles. The third-order valence-electron chi connectivity index (χ3n) is 2.44. The van der Waals surface area contributed by atoms with Gasteiger partial charge in [0.25, 0.3) is 0 Å². The quantitative estimate of drug-likeness (QED) is 0.831. The highest BCUT2D eigenvalue weighted by Crippen LogP contribution is 2.23. The Hall–Kier alpha value is -0.670. The van der Waals surface area contributed by atoms with Crippen LogP contribution >= 0.6 is 0 Å². The molecule has 1 aromatic rings. The lowest BCUT2D eigenvalue weighted by molar-refractivity contribution is 0.159. The van der Waals surface area contributed by atoms with Gasteiger partial charge in [-0.05, 0) is 32.9 Å². The van der Waals surface area contributed by atoms with Gasteiger partial charge in [0.1, 0.15) is 0 Å². The van der Waals surface area contributed by atoms with Gasteiger partial charge in [0, 0.05) is 4.90 Å². The molecule has 0 aliphatic heterocycles. The maximum absolute atomic E-state index is 12.1. The second kappa shape index (κ2) is 4.24. The third kappa shape index (κ3) is 2.22. The standard InChI is InChI=1S/C11H16O2S/c1-9(12)11(2,3)14(13)10-7-5-4-6-8-10/h4-9,12H,1-3H3/t9-,14?/m1/s1. The van der Waals surface area contributed by atoms with E-state index < -0.39 is 21.7 Å². The number of benzene rings is 1. The van der Waals surface area contributed by atoms with Crippen molar-refractivity contribution >= 4 is 10.8 Å². The summed E-state index contributed by atoms with van der Waals surface area (Å²) in [6.07, 6.45) is -0.594. The van der Waals surface area contributed by atoms with Crippen molar-refractivity contribution in [1.29, 1.82) is 0 Å². The summed E-state index contributed by atoms with van der Waals surface area (Å²) in [4.78, 5) is 0.762. The van der Waals surface area contributed by atoms with Gasteiger partial charge < -0.3 is 5.11 Å². The van der Waals surface area contributed by atoms with Gasteiger partial charge in [-0.25, -0.2) is 0 Å². The molecular formula is C11H16O2S. The van der Waals surface area contributed by atoms with Crippen LogP contribution in [0.2, 0.25) is 0 Å². The van der Waals surface area contributed by atoms with Crippen molar-refractivity contribution < 1.29 is 9.32 Å². The number of aliphatic hydroxyl groups is 1. The molecule has 1 aromatic carbocycles. The maximum Gasteiger partial charge on any atom is 0.0705 e. The van der Waals surface area contributed by atoms with Gasteiger partial charge in [0.15, 0.2) is 0 Å². The Labute approximate surface area is 87.4 Å². The van der Waals surface area contributed by atoms with Crippen LogP contribution in [0, 0.1) is 0 Å². The highest BCUT2D eigenvalue weighted by Gasteiger charge is 2.32. The average Bonchev–Trinajstić information content (AvgIpc) is 2.17. The monoisotopic (exact) mass is 212 g/mol. The number of hydrogen-bond acceptors (Lipinski definition) is 2. The van der Waals surface area contributed by atoms with Crippen LogP contribution in [0.4, 0.5) is 0 Å². The highest BCUT2D eigenvalue weighted by molar-refractivity contribution is 7.86. The molecule has 0 aromatic heterocycles. The molecule has 3 heteroatoms. The van der Waals surface area contributed by atoms with Crippen molar-refractivity contribution in [2.45, 2.75) is 36.5 Å². The first-order valence-electron chi connectivity index (χ1n) is 4.61. The van der Waals surface area contributed by atoms with E-state index in [4.69, 9.17) is 0 Å². The van der Waals surface area contributed by atoms with E-state index in [0.29, 0.717) is 0 Å². The van der Waals surface area contributed by atoms with Crippen LogP contribution in [0.3, 0.4) is 0 Å². The molecule has 78 valence electrons. The molecular weight excluding hydrogens is 196 g/mol. The van der Waals surface area contributed by atoms with E-state index in [1.165, 1.54) is 0 Å². The van der Waals surface area contributed by atoms with Crippen LogP contribution < -0.4 is 0 Å². The number of aliphatic hydroxyl groups excluding tert-OH is 1.